The molecule has 0 amide bonds. The van der Waals surface area contributed by atoms with Gasteiger partial charge in [-0.25, -0.2) is 4.79 Å². The van der Waals surface area contributed by atoms with Gasteiger partial charge >= 0.3 is 5.97 Å². The maximum absolute atomic E-state index is 11.0. The van der Waals surface area contributed by atoms with Crippen LogP contribution in [0.25, 0.3) is 11.3 Å². The van der Waals surface area contributed by atoms with Crippen molar-refractivity contribution in [2.45, 2.75) is 0 Å². The summed E-state index contributed by atoms with van der Waals surface area (Å²) in [5.74, 6) is -0.934. The van der Waals surface area contributed by atoms with E-state index in [-0.39, 0.29) is 5.56 Å². The molecule has 1 N–H and O–H groups in total. The zero-order valence-electron chi connectivity index (χ0n) is 7.92. The average Bonchev–Trinajstić information content (AvgIpc) is 2.30. The van der Waals surface area contributed by atoms with Crippen LogP contribution >= 0.6 is 0 Å². The third kappa shape index (κ3) is 1.86. The number of carboxylic acids is 1. The number of rotatable bonds is 2. The van der Waals surface area contributed by atoms with E-state index in [0.717, 1.165) is 0 Å². The quantitative estimate of drug-likeness (QED) is 0.808. The Morgan fingerprint density at radius 2 is 1.80 bits per heavy atom. The summed E-state index contributed by atoms with van der Waals surface area (Å²) in [7, 11) is 0. The van der Waals surface area contributed by atoms with Crippen LogP contribution in [0.5, 0.6) is 0 Å². The molecule has 0 aliphatic rings. The number of pyridine rings is 1. The molecule has 0 aliphatic heterocycles. The number of aromatic nitrogens is 1. The Morgan fingerprint density at radius 3 is 2.47 bits per heavy atom. The van der Waals surface area contributed by atoms with E-state index < -0.39 is 5.97 Å². The van der Waals surface area contributed by atoms with E-state index in [9.17, 15) is 4.79 Å². The molecular formula is C12H9NO2. The van der Waals surface area contributed by atoms with E-state index in [4.69, 9.17) is 5.11 Å². The maximum Gasteiger partial charge on any atom is 0.336 e. The van der Waals surface area contributed by atoms with Crippen molar-refractivity contribution in [1.82, 2.24) is 4.98 Å². The van der Waals surface area contributed by atoms with Crippen LogP contribution in [0.2, 0.25) is 0 Å². The van der Waals surface area contributed by atoms with Gasteiger partial charge in [0.25, 0.3) is 0 Å². The van der Waals surface area contributed by atoms with Crippen molar-refractivity contribution in [2.24, 2.45) is 0 Å². The first-order chi connectivity index (χ1) is 7.29. The van der Waals surface area contributed by atoms with Gasteiger partial charge in [-0.2, -0.15) is 0 Å². The molecule has 0 bridgehead atoms. The summed E-state index contributed by atoms with van der Waals surface area (Å²) in [5.41, 5.74) is 1.59. The standard InChI is InChI=1S/C12H9NO2/c14-12(15)10-6-2-1-5-9(10)11-7-3-4-8-13-11/h1-8H,(H,14,15). The van der Waals surface area contributed by atoms with Crippen LogP contribution < -0.4 is 0 Å². The SMILES string of the molecule is O=C(O)c1ccccc1-c1ccccn1. The molecule has 0 saturated heterocycles. The lowest BCUT2D eigenvalue weighted by molar-refractivity contribution is 0.0697. The number of nitrogens with zero attached hydrogens (tertiary/aromatic N) is 1. The zero-order valence-corrected chi connectivity index (χ0v) is 7.92. The highest BCUT2D eigenvalue weighted by Crippen LogP contribution is 2.20. The van der Waals surface area contributed by atoms with Gasteiger partial charge < -0.3 is 5.11 Å². The molecule has 1 aromatic carbocycles. The number of hydrogen-bond acceptors (Lipinski definition) is 2. The van der Waals surface area contributed by atoms with Crippen LogP contribution in [0.15, 0.2) is 48.7 Å². The molecule has 0 radical (unpaired) electrons. The second kappa shape index (κ2) is 3.92. The molecule has 0 fully saturated rings. The van der Waals surface area contributed by atoms with E-state index in [2.05, 4.69) is 4.98 Å². The Kier molecular flexibility index (Phi) is 2.46. The summed E-state index contributed by atoms with van der Waals surface area (Å²) in [6.07, 6.45) is 1.65. The van der Waals surface area contributed by atoms with Crippen molar-refractivity contribution >= 4 is 5.97 Å². The summed E-state index contributed by atoms with van der Waals surface area (Å²) in [4.78, 5) is 15.1. The Bertz CT molecular complexity index is 480. The fourth-order valence-electron chi connectivity index (χ4n) is 1.42. The highest BCUT2D eigenvalue weighted by Gasteiger charge is 2.10. The highest BCUT2D eigenvalue weighted by atomic mass is 16.4. The minimum Gasteiger partial charge on any atom is -0.478 e. The fraction of sp³-hybridized carbons (Fsp3) is 0. The molecule has 1 aromatic heterocycles. The second-order valence-electron chi connectivity index (χ2n) is 3.07. The largest absolute Gasteiger partial charge is 0.478 e. The topological polar surface area (TPSA) is 50.2 Å². The Morgan fingerprint density at radius 1 is 1.07 bits per heavy atom. The van der Waals surface area contributed by atoms with Gasteiger partial charge in [-0.1, -0.05) is 24.3 Å². The summed E-state index contributed by atoms with van der Waals surface area (Å²) in [5, 5.41) is 9.00. The first-order valence-corrected chi connectivity index (χ1v) is 4.53. The van der Waals surface area contributed by atoms with Crippen LogP contribution in [-0.4, -0.2) is 16.1 Å². The third-order valence-corrected chi connectivity index (χ3v) is 2.10. The third-order valence-electron chi connectivity index (χ3n) is 2.10. The van der Waals surface area contributed by atoms with Crippen molar-refractivity contribution < 1.29 is 9.90 Å². The highest BCUT2D eigenvalue weighted by molar-refractivity contribution is 5.95. The van der Waals surface area contributed by atoms with E-state index in [1.807, 2.05) is 6.07 Å². The van der Waals surface area contributed by atoms with Gasteiger partial charge in [0.15, 0.2) is 0 Å². The molecule has 2 rings (SSSR count). The molecule has 0 spiro atoms. The predicted molar refractivity (Wildman–Crippen MR) is 56.6 cm³/mol. The first-order valence-electron chi connectivity index (χ1n) is 4.53. The zero-order chi connectivity index (χ0) is 10.7. The number of benzene rings is 1. The van der Waals surface area contributed by atoms with Gasteiger partial charge in [-0.3, -0.25) is 4.98 Å². The van der Waals surface area contributed by atoms with Crippen molar-refractivity contribution in [3.63, 3.8) is 0 Å². The molecule has 2 aromatic rings. The van der Waals surface area contributed by atoms with Crippen LogP contribution in [0.4, 0.5) is 0 Å². The molecule has 0 unspecified atom stereocenters. The molecule has 15 heavy (non-hydrogen) atoms. The molecule has 0 atom stereocenters. The van der Waals surface area contributed by atoms with Gasteiger partial charge in [0.05, 0.1) is 11.3 Å². The van der Waals surface area contributed by atoms with Crippen molar-refractivity contribution in [2.75, 3.05) is 0 Å². The number of aromatic carboxylic acids is 1. The first kappa shape index (κ1) is 9.40. The summed E-state index contributed by atoms with van der Waals surface area (Å²) in [6.45, 7) is 0. The summed E-state index contributed by atoms with van der Waals surface area (Å²) >= 11 is 0. The predicted octanol–water partition coefficient (Wildman–Crippen LogP) is 2.45. The van der Waals surface area contributed by atoms with Gasteiger partial charge in [0.2, 0.25) is 0 Å². The lowest BCUT2D eigenvalue weighted by atomic mass is 10.0. The molecule has 0 saturated carbocycles. The summed E-state index contributed by atoms with van der Waals surface area (Å²) in [6, 6.07) is 12.3. The van der Waals surface area contributed by atoms with Gasteiger partial charge in [-0.15, -0.1) is 0 Å². The molecule has 3 nitrogen and oxygen atoms in total. The maximum atomic E-state index is 11.0. The normalized spacial score (nSPS) is 9.87. The Hall–Kier alpha value is -2.16. The smallest absolute Gasteiger partial charge is 0.336 e. The summed E-state index contributed by atoms with van der Waals surface area (Å²) < 4.78 is 0. The van der Waals surface area contributed by atoms with Crippen LogP contribution in [-0.2, 0) is 0 Å². The number of carbonyl (C=O) groups is 1. The van der Waals surface area contributed by atoms with Gasteiger partial charge in [-0.05, 0) is 18.2 Å². The van der Waals surface area contributed by atoms with E-state index in [0.29, 0.717) is 11.3 Å². The monoisotopic (exact) mass is 199 g/mol. The van der Waals surface area contributed by atoms with Crippen LogP contribution in [0.1, 0.15) is 10.4 Å². The van der Waals surface area contributed by atoms with Gasteiger partial charge in [0, 0.05) is 11.8 Å². The van der Waals surface area contributed by atoms with Crippen LogP contribution in [0.3, 0.4) is 0 Å². The van der Waals surface area contributed by atoms with E-state index in [1.54, 1.807) is 42.6 Å². The minimum atomic E-state index is -0.934. The number of carboxylic acid groups (broad SMARTS) is 1. The van der Waals surface area contributed by atoms with Gasteiger partial charge in [0.1, 0.15) is 0 Å². The molecule has 0 aliphatic carbocycles. The van der Waals surface area contributed by atoms with Crippen molar-refractivity contribution in [1.29, 1.82) is 0 Å². The van der Waals surface area contributed by atoms with E-state index in [1.165, 1.54) is 0 Å². The Labute approximate surface area is 87.0 Å². The molecular weight excluding hydrogens is 190 g/mol. The van der Waals surface area contributed by atoms with E-state index >= 15 is 0 Å². The van der Waals surface area contributed by atoms with Crippen molar-refractivity contribution in [3.05, 3.63) is 54.2 Å². The average molecular weight is 199 g/mol. The second-order valence-corrected chi connectivity index (χ2v) is 3.07. The van der Waals surface area contributed by atoms with Crippen molar-refractivity contribution in [3.8, 4) is 11.3 Å². The van der Waals surface area contributed by atoms with Crippen LogP contribution in [0, 0.1) is 0 Å². The lowest BCUT2D eigenvalue weighted by Crippen LogP contribution is -1.99. The minimum absolute atomic E-state index is 0.274. The molecule has 74 valence electrons. The Balaban J connectivity index is 2.58. The fourth-order valence-corrected chi connectivity index (χ4v) is 1.42. The number of hydrogen-bond donors (Lipinski definition) is 1. The molecule has 3 heteroatoms. The lowest BCUT2D eigenvalue weighted by Gasteiger charge is -2.03. The molecule has 1 heterocycles.